The smallest absolute Gasteiger partial charge is 0.269 e. The molecule has 1 aliphatic rings. The summed E-state index contributed by atoms with van der Waals surface area (Å²) in [5.41, 5.74) is 4.09. The van der Waals surface area contributed by atoms with Gasteiger partial charge in [-0.25, -0.2) is 0 Å². The van der Waals surface area contributed by atoms with Crippen LogP contribution >= 0.6 is 12.2 Å². The van der Waals surface area contributed by atoms with E-state index in [4.69, 9.17) is 12.2 Å². The highest BCUT2D eigenvalue weighted by Crippen LogP contribution is 2.35. The van der Waals surface area contributed by atoms with Crippen molar-refractivity contribution in [3.63, 3.8) is 0 Å². The summed E-state index contributed by atoms with van der Waals surface area (Å²) in [6.45, 7) is 8.27. The molecule has 0 amide bonds. The van der Waals surface area contributed by atoms with E-state index in [9.17, 15) is 15.2 Å². The highest BCUT2D eigenvalue weighted by atomic mass is 32.1. The summed E-state index contributed by atoms with van der Waals surface area (Å²) >= 11 is 5.33. The minimum atomic E-state index is -0.652. The Morgan fingerprint density at radius 3 is 2.58 bits per heavy atom. The van der Waals surface area contributed by atoms with Gasteiger partial charge in [0.05, 0.1) is 16.7 Å². The average Bonchev–Trinajstić information content (AvgIpc) is 2.68. The average molecular weight is 447 g/mol. The van der Waals surface area contributed by atoms with Crippen molar-refractivity contribution in [3.8, 4) is 0 Å². The number of rotatable bonds is 9. The molecule has 0 bridgehead atoms. The fourth-order valence-electron chi connectivity index (χ4n) is 3.87. The number of hydrogen-bond donors (Lipinski definition) is 3. The molecule has 8 heteroatoms. The van der Waals surface area contributed by atoms with Crippen molar-refractivity contribution < 1.29 is 10.0 Å². The van der Waals surface area contributed by atoms with Crippen LogP contribution in [0.4, 0.5) is 5.69 Å². The number of aliphatic hydroxyl groups is 1. The molecule has 3 N–H and O–H groups in total. The fraction of sp³-hybridized carbons (Fsp3) is 0.565. The second-order valence-corrected chi connectivity index (χ2v) is 9.70. The molecule has 2 atom stereocenters. The van der Waals surface area contributed by atoms with Crippen LogP contribution in [0.25, 0.3) is 0 Å². The van der Waals surface area contributed by atoms with E-state index in [1.807, 2.05) is 6.92 Å². The Bertz CT molecular complexity index is 832. The van der Waals surface area contributed by atoms with Crippen LogP contribution in [0.5, 0.6) is 0 Å². The van der Waals surface area contributed by atoms with Crippen LogP contribution in [0.1, 0.15) is 71.8 Å². The fourth-order valence-corrected chi connectivity index (χ4v) is 4.20. The number of nitro groups is 1. The number of nitrogens with zero attached hydrogens (tertiary/aromatic N) is 2. The first-order valence-electron chi connectivity index (χ1n) is 10.7. The molecule has 0 unspecified atom stereocenters. The van der Waals surface area contributed by atoms with Crippen molar-refractivity contribution in [2.75, 3.05) is 0 Å². The Kier molecular flexibility index (Phi) is 8.70. The molecule has 0 heterocycles. The number of benzene rings is 1. The van der Waals surface area contributed by atoms with E-state index in [1.54, 1.807) is 18.3 Å². The van der Waals surface area contributed by atoms with E-state index >= 15 is 0 Å². The summed E-state index contributed by atoms with van der Waals surface area (Å²) in [7, 11) is 0. The third-order valence-electron chi connectivity index (χ3n) is 5.94. The van der Waals surface area contributed by atoms with E-state index in [0.29, 0.717) is 11.0 Å². The van der Waals surface area contributed by atoms with Gasteiger partial charge in [-0.1, -0.05) is 11.6 Å². The first-order chi connectivity index (χ1) is 14.5. The van der Waals surface area contributed by atoms with Gasteiger partial charge in [-0.2, -0.15) is 5.10 Å². The predicted octanol–water partition coefficient (Wildman–Crippen LogP) is 4.84. The van der Waals surface area contributed by atoms with E-state index in [-0.39, 0.29) is 11.2 Å². The van der Waals surface area contributed by atoms with Gasteiger partial charge in [-0.05, 0) is 102 Å². The van der Waals surface area contributed by atoms with Crippen LogP contribution in [0.15, 0.2) is 41.0 Å². The molecule has 7 nitrogen and oxygen atoms in total. The lowest BCUT2D eigenvalue weighted by molar-refractivity contribution is -0.384. The molecule has 0 aromatic heterocycles. The number of non-ortho nitro benzene ring substituents is 1. The number of hydrogen-bond acceptors (Lipinski definition) is 5. The Morgan fingerprint density at radius 1 is 1.32 bits per heavy atom. The van der Waals surface area contributed by atoms with Crippen LogP contribution in [0.2, 0.25) is 0 Å². The Hall–Kier alpha value is -2.32. The first-order valence-corrected chi connectivity index (χ1v) is 11.1. The predicted molar refractivity (Wildman–Crippen MR) is 129 cm³/mol. The van der Waals surface area contributed by atoms with Gasteiger partial charge in [-0.15, -0.1) is 0 Å². The summed E-state index contributed by atoms with van der Waals surface area (Å²) in [4.78, 5) is 10.3. The number of thiocarbonyl (C=S) groups is 1. The van der Waals surface area contributed by atoms with Crippen molar-refractivity contribution in [1.82, 2.24) is 10.7 Å². The molecule has 0 saturated heterocycles. The second-order valence-electron chi connectivity index (χ2n) is 9.29. The van der Waals surface area contributed by atoms with E-state index in [2.05, 4.69) is 42.7 Å². The minimum Gasteiger partial charge on any atom is -0.390 e. The Balaban J connectivity index is 1.75. The maximum absolute atomic E-state index is 10.9. The summed E-state index contributed by atoms with van der Waals surface area (Å²) < 4.78 is 0. The third kappa shape index (κ3) is 8.38. The summed E-state index contributed by atoms with van der Waals surface area (Å²) in [6, 6.07) is 6.11. The van der Waals surface area contributed by atoms with E-state index in [0.717, 1.165) is 44.1 Å². The quantitative estimate of drug-likeness (QED) is 0.165. The molecule has 170 valence electrons. The van der Waals surface area contributed by atoms with E-state index < -0.39 is 10.5 Å². The van der Waals surface area contributed by atoms with Gasteiger partial charge in [0.15, 0.2) is 5.11 Å². The van der Waals surface area contributed by atoms with Gasteiger partial charge in [0.25, 0.3) is 5.69 Å². The van der Waals surface area contributed by atoms with Gasteiger partial charge in [0.2, 0.25) is 0 Å². The van der Waals surface area contributed by atoms with Gasteiger partial charge in [0.1, 0.15) is 0 Å². The summed E-state index contributed by atoms with van der Waals surface area (Å²) in [5.74, 6) is 0.323. The Labute approximate surface area is 190 Å². The van der Waals surface area contributed by atoms with Crippen molar-refractivity contribution in [2.45, 2.75) is 77.4 Å². The number of nitro benzene ring substituents is 1. The van der Waals surface area contributed by atoms with Crippen LogP contribution < -0.4 is 10.7 Å². The maximum atomic E-state index is 10.9. The Morgan fingerprint density at radius 2 is 2.00 bits per heavy atom. The zero-order chi connectivity index (χ0) is 23.1. The minimum absolute atomic E-state index is 0.0399. The van der Waals surface area contributed by atoms with Crippen LogP contribution in [0.3, 0.4) is 0 Å². The van der Waals surface area contributed by atoms with Crippen LogP contribution in [0, 0.1) is 16.0 Å². The van der Waals surface area contributed by atoms with Crippen molar-refractivity contribution >= 4 is 29.2 Å². The van der Waals surface area contributed by atoms with Crippen molar-refractivity contribution in [2.24, 2.45) is 11.0 Å². The lowest BCUT2D eigenvalue weighted by Gasteiger charge is -2.36. The topological polar surface area (TPSA) is 99.8 Å². The van der Waals surface area contributed by atoms with Crippen molar-refractivity contribution in [1.29, 1.82) is 0 Å². The molecular formula is C23H34N4O3S. The lowest BCUT2D eigenvalue weighted by Crippen LogP contribution is -2.47. The molecule has 1 aromatic carbocycles. The molecule has 0 fully saturated rings. The van der Waals surface area contributed by atoms with Gasteiger partial charge >= 0.3 is 0 Å². The SMILES string of the molecule is CC1=CC[C@@H]([C@@](C)(O)CCCC(C)(C)NC(=S)N/N=C\c2ccc([N+](=O)[O-])cc2)CC1. The molecular weight excluding hydrogens is 412 g/mol. The lowest BCUT2D eigenvalue weighted by atomic mass is 9.76. The first kappa shape index (κ1) is 24.9. The van der Waals surface area contributed by atoms with Gasteiger partial charge < -0.3 is 10.4 Å². The number of nitrogens with one attached hydrogen (secondary N) is 2. The highest BCUT2D eigenvalue weighted by Gasteiger charge is 2.32. The van der Waals surface area contributed by atoms with Crippen molar-refractivity contribution in [3.05, 3.63) is 51.6 Å². The normalized spacial score (nSPS) is 18.9. The molecule has 0 spiro atoms. The number of hydrazone groups is 1. The molecule has 1 aromatic rings. The molecule has 0 saturated carbocycles. The van der Waals surface area contributed by atoms with Gasteiger partial charge in [0, 0.05) is 17.7 Å². The molecule has 1 aliphatic carbocycles. The van der Waals surface area contributed by atoms with E-state index in [1.165, 1.54) is 17.7 Å². The zero-order valence-electron chi connectivity index (χ0n) is 18.9. The molecule has 2 rings (SSSR count). The molecule has 31 heavy (non-hydrogen) atoms. The molecule has 0 aliphatic heterocycles. The second kappa shape index (κ2) is 10.8. The monoisotopic (exact) mass is 446 g/mol. The summed E-state index contributed by atoms with van der Waals surface area (Å²) in [6.07, 6.45) is 9.42. The standard InChI is InChI=1S/C23H34N4O3S/c1-17-6-10-19(11-7-17)23(4,28)15-5-14-22(2,3)25-21(31)26-24-16-18-8-12-20(13-9-18)27(29)30/h6,8-9,12-13,16,19,28H,5,7,10-11,14-15H2,1-4H3,(H2,25,26,31)/b24-16-/t19-,23+/m1/s1. The number of allylic oxidation sites excluding steroid dienone is 2. The third-order valence-corrected chi connectivity index (χ3v) is 6.13. The highest BCUT2D eigenvalue weighted by molar-refractivity contribution is 7.80. The van der Waals surface area contributed by atoms with Crippen LogP contribution in [-0.4, -0.2) is 32.5 Å². The summed E-state index contributed by atoms with van der Waals surface area (Å²) in [5, 5.41) is 29.4. The van der Waals surface area contributed by atoms with Gasteiger partial charge in [-0.3, -0.25) is 15.5 Å². The largest absolute Gasteiger partial charge is 0.390 e. The molecule has 0 radical (unpaired) electrons. The maximum Gasteiger partial charge on any atom is 0.269 e. The van der Waals surface area contributed by atoms with Crippen LogP contribution in [-0.2, 0) is 0 Å². The zero-order valence-corrected chi connectivity index (χ0v) is 19.7.